The summed E-state index contributed by atoms with van der Waals surface area (Å²) in [4.78, 5) is 26.6. The van der Waals surface area contributed by atoms with Crippen molar-refractivity contribution in [2.45, 2.75) is 77.7 Å². The van der Waals surface area contributed by atoms with Gasteiger partial charge >= 0.3 is 0 Å². The summed E-state index contributed by atoms with van der Waals surface area (Å²) < 4.78 is 26.5. The Kier molecular flexibility index (Phi) is 18.1. The highest BCUT2D eigenvalue weighted by molar-refractivity contribution is 14.0. The van der Waals surface area contributed by atoms with E-state index < -0.39 is 11.6 Å². The molecule has 212 valence electrons. The van der Waals surface area contributed by atoms with Crippen molar-refractivity contribution in [3.8, 4) is 0 Å². The number of likely N-dealkylation sites (tertiary alicyclic amines) is 1. The van der Waals surface area contributed by atoms with E-state index >= 15 is 0 Å². The molecule has 0 aromatic heterocycles. The lowest BCUT2D eigenvalue weighted by Gasteiger charge is -2.31. The Morgan fingerprint density at radius 1 is 1.05 bits per heavy atom. The van der Waals surface area contributed by atoms with Crippen LogP contribution in [0.15, 0.2) is 30.4 Å². The molecule has 0 unspecified atom stereocenters. The normalized spacial score (nSPS) is 18.0. The van der Waals surface area contributed by atoms with E-state index in [4.69, 9.17) is 0 Å². The minimum absolute atomic E-state index is 0. The maximum atomic E-state index is 13.7. The van der Waals surface area contributed by atoms with Crippen LogP contribution in [0.3, 0.4) is 0 Å². The number of aldehydes is 1. The number of allylic oxidation sites excluding steroid dienone is 1. The van der Waals surface area contributed by atoms with E-state index in [2.05, 4.69) is 51.1 Å². The van der Waals surface area contributed by atoms with Gasteiger partial charge in [-0.2, -0.15) is 0 Å². The topological polar surface area (TPSA) is 43.9 Å². The van der Waals surface area contributed by atoms with E-state index in [1.165, 1.54) is 25.3 Å². The molecular weight excluding hydrogens is 587 g/mol. The first-order valence-electron chi connectivity index (χ1n) is 13.2. The fourth-order valence-electron chi connectivity index (χ4n) is 4.22. The second-order valence-corrected chi connectivity index (χ2v) is 10.8. The molecule has 0 aliphatic carbocycles. The van der Waals surface area contributed by atoms with E-state index in [1.807, 2.05) is 0 Å². The van der Waals surface area contributed by atoms with Crippen LogP contribution in [0.25, 0.3) is 0 Å². The molecule has 5 nitrogen and oxygen atoms in total. The SMILES string of the molecule is C=C(C=O)CCCCCC.CC(C)(C)N1CC[C@H](c2ccc(F)cc2F)C1.CN1CCN(C=O)CC1.I. The van der Waals surface area contributed by atoms with Crippen LogP contribution in [-0.4, -0.2) is 79.3 Å². The van der Waals surface area contributed by atoms with Crippen LogP contribution in [0.5, 0.6) is 0 Å². The summed E-state index contributed by atoms with van der Waals surface area (Å²) in [6.45, 7) is 17.9. The molecule has 1 atom stereocenters. The van der Waals surface area contributed by atoms with Gasteiger partial charge in [-0.05, 0) is 70.8 Å². The zero-order valence-corrected chi connectivity index (χ0v) is 25.8. The number of piperazine rings is 1. The third-order valence-corrected chi connectivity index (χ3v) is 6.74. The van der Waals surface area contributed by atoms with Crippen molar-refractivity contribution < 1.29 is 18.4 Å². The summed E-state index contributed by atoms with van der Waals surface area (Å²) in [6.07, 6.45) is 8.46. The number of nitrogens with zero attached hydrogens (tertiary/aromatic N) is 3. The van der Waals surface area contributed by atoms with Crippen molar-refractivity contribution >= 4 is 36.7 Å². The molecule has 8 heteroatoms. The van der Waals surface area contributed by atoms with Crippen LogP contribution in [0.1, 0.15) is 77.7 Å². The number of rotatable bonds is 8. The minimum Gasteiger partial charge on any atom is -0.343 e. The Morgan fingerprint density at radius 2 is 1.70 bits per heavy atom. The van der Waals surface area contributed by atoms with Gasteiger partial charge in [-0.3, -0.25) is 14.5 Å². The zero-order valence-electron chi connectivity index (χ0n) is 23.5. The average molecular weight is 636 g/mol. The number of benzene rings is 1. The Morgan fingerprint density at radius 3 is 2.19 bits per heavy atom. The molecule has 0 bridgehead atoms. The number of likely N-dealkylation sites (N-methyl/N-ethyl adjacent to an activating group) is 1. The van der Waals surface area contributed by atoms with Gasteiger partial charge in [0, 0.05) is 50.2 Å². The Labute approximate surface area is 240 Å². The average Bonchev–Trinajstić information content (AvgIpc) is 3.34. The van der Waals surface area contributed by atoms with Gasteiger partial charge in [0.1, 0.15) is 17.9 Å². The molecule has 37 heavy (non-hydrogen) atoms. The first-order chi connectivity index (χ1) is 17.0. The minimum atomic E-state index is -0.503. The zero-order chi connectivity index (χ0) is 27.1. The molecule has 0 radical (unpaired) electrons. The molecule has 2 heterocycles. The van der Waals surface area contributed by atoms with Crippen LogP contribution >= 0.6 is 24.0 Å². The van der Waals surface area contributed by atoms with Gasteiger partial charge in [0.2, 0.25) is 6.41 Å². The van der Waals surface area contributed by atoms with E-state index in [1.54, 1.807) is 11.0 Å². The van der Waals surface area contributed by atoms with Crippen LogP contribution < -0.4 is 0 Å². The molecule has 0 N–H and O–H groups in total. The second-order valence-electron chi connectivity index (χ2n) is 10.8. The first-order valence-corrected chi connectivity index (χ1v) is 13.2. The summed E-state index contributed by atoms with van der Waals surface area (Å²) >= 11 is 0. The number of carbonyl (C=O) groups is 2. The largest absolute Gasteiger partial charge is 0.343 e. The number of amides is 1. The van der Waals surface area contributed by atoms with Crippen LogP contribution in [-0.2, 0) is 9.59 Å². The van der Waals surface area contributed by atoms with E-state index in [9.17, 15) is 18.4 Å². The Bertz CT molecular complexity index is 809. The molecule has 2 saturated heterocycles. The van der Waals surface area contributed by atoms with Crippen molar-refractivity contribution in [3.05, 3.63) is 47.5 Å². The van der Waals surface area contributed by atoms with Gasteiger partial charge in [-0.15, -0.1) is 24.0 Å². The smallest absolute Gasteiger partial charge is 0.209 e. The number of carbonyl (C=O) groups excluding carboxylic acids is 2. The van der Waals surface area contributed by atoms with Crippen molar-refractivity contribution in [2.75, 3.05) is 46.3 Å². The van der Waals surface area contributed by atoms with Gasteiger partial charge < -0.3 is 9.80 Å². The first kappa shape index (κ1) is 35.6. The summed E-state index contributed by atoms with van der Waals surface area (Å²) in [6, 6.07) is 3.91. The van der Waals surface area contributed by atoms with E-state index in [0.29, 0.717) is 5.56 Å². The summed E-state index contributed by atoms with van der Waals surface area (Å²) in [5.74, 6) is -0.725. The van der Waals surface area contributed by atoms with Crippen LogP contribution in [0, 0.1) is 11.6 Å². The molecule has 1 aromatic rings. The van der Waals surface area contributed by atoms with Crippen molar-refractivity contribution in [1.82, 2.24) is 14.7 Å². The molecule has 1 amide bonds. The van der Waals surface area contributed by atoms with Crippen molar-refractivity contribution in [1.29, 1.82) is 0 Å². The number of hydrogen-bond donors (Lipinski definition) is 0. The molecule has 0 saturated carbocycles. The maximum Gasteiger partial charge on any atom is 0.209 e. The van der Waals surface area contributed by atoms with Crippen LogP contribution in [0.2, 0.25) is 0 Å². The standard InChI is InChI=1S/C14H19F2N.C9H16O.C6H12N2O.HI/c1-14(2,3)17-7-6-10(9-17)12-5-4-11(15)8-13(12)16;1-3-4-5-6-7-9(2)8-10;1-7-2-4-8(6-9)5-3-7;/h4-5,8,10H,6-7,9H2,1-3H3;8H,2-7H2,1H3;6H,2-5H2,1H3;1H/t10-;;;/m0.../s1. The van der Waals surface area contributed by atoms with Gasteiger partial charge in [0.05, 0.1) is 0 Å². The molecule has 2 aliphatic heterocycles. The summed E-state index contributed by atoms with van der Waals surface area (Å²) in [5, 5.41) is 0. The Hall–Kier alpha value is -1.39. The van der Waals surface area contributed by atoms with Gasteiger partial charge in [-0.25, -0.2) is 8.78 Å². The fourth-order valence-corrected chi connectivity index (χ4v) is 4.22. The lowest BCUT2D eigenvalue weighted by atomic mass is 9.97. The molecule has 0 spiro atoms. The van der Waals surface area contributed by atoms with E-state index in [0.717, 1.165) is 82.9 Å². The summed E-state index contributed by atoms with van der Waals surface area (Å²) in [5.41, 5.74) is 1.50. The number of halogens is 3. The third-order valence-electron chi connectivity index (χ3n) is 6.74. The van der Waals surface area contributed by atoms with Crippen LogP contribution in [0.4, 0.5) is 8.78 Å². The third kappa shape index (κ3) is 14.4. The number of unbranched alkanes of at least 4 members (excludes halogenated alkanes) is 3. The fraction of sp³-hybridized carbons (Fsp3) is 0.655. The van der Waals surface area contributed by atoms with E-state index in [-0.39, 0.29) is 35.4 Å². The lowest BCUT2D eigenvalue weighted by Crippen LogP contribution is -2.43. The van der Waals surface area contributed by atoms with Crippen molar-refractivity contribution in [2.24, 2.45) is 0 Å². The predicted octanol–water partition coefficient (Wildman–Crippen LogP) is 6.27. The predicted molar refractivity (Wildman–Crippen MR) is 160 cm³/mol. The molecule has 2 aliphatic rings. The summed E-state index contributed by atoms with van der Waals surface area (Å²) in [7, 11) is 2.07. The Balaban J connectivity index is 0.000000560. The number of hydrogen-bond acceptors (Lipinski definition) is 4. The van der Waals surface area contributed by atoms with Gasteiger partial charge in [0.15, 0.2) is 0 Å². The monoisotopic (exact) mass is 635 g/mol. The maximum absolute atomic E-state index is 13.7. The van der Waals surface area contributed by atoms with Gasteiger partial charge in [-0.1, -0.05) is 38.8 Å². The molecular formula is C29H48F2IN3O2. The molecule has 3 rings (SSSR count). The highest BCUT2D eigenvalue weighted by Crippen LogP contribution is 2.32. The van der Waals surface area contributed by atoms with Crippen molar-refractivity contribution in [3.63, 3.8) is 0 Å². The lowest BCUT2D eigenvalue weighted by molar-refractivity contribution is -0.119. The van der Waals surface area contributed by atoms with Gasteiger partial charge in [0.25, 0.3) is 0 Å². The molecule has 2 fully saturated rings. The quantitative estimate of drug-likeness (QED) is 0.146. The second kappa shape index (κ2) is 18.8. The molecule has 1 aromatic carbocycles. The highest BCUT2D eigenvalue weighted by atomic mass is 127. The highest BCUT2D eigenvalue weighted by Gasteiger charge is 2.32.